The molecule has 1 unspecified atom stereocenters. The van der Waals surface area contributed by atoms with E-state index >= 15 is 0 Å². The van der Waals surface area contributed by atoms with Crippen LogP contribution in [0.25, 0.3) is 0 Å². The molecule has 0 spiro atoms. The first-order valence-electron chi connectivity index (χ1n) is 2.92. The SMILES string of the molecule is CN=C(C)/C=C\C(C)Cl. The quantitative estimate of drug-likeness (QED) is 0.418. The fraction of sp³-hybridized carbons (Fsp3) is 0.571. The third kappa shape index (κ3) is 5.57. The number of halogens is 1. The Balaban J connectivity index is 3.71. The molecule has 0 amide bonds. The predicted molar refractivity (Wildman–Crippen MR) is 43.5 cm³/mol. The molecule has 0 radical (unpaired) electrons. The summed E-state index contributed by atoms with van der Waals surface area (Å²) < 4.78 is 0. The van der Waals surface area contributed by atoms with Crippen LogP contribution in [0.2, 0.25) is 0 Å². The van der Waals surface area contributed by atoms with E-state index in [1.54, 1.807) is 7.05 Å². The molecule has 1 atom stereocenters. The lowest BCUT2D eigenvalue weighted by Crippen LogP contribution is -1.87. The van der Waals surface area contributed by atoms with Crippen molar-refractivity contribution in [1.29, 1.82) is 0 Å². The molecule has 0 heterocycles. The lowest BCUT2D eigenvalue weighted by Gasteiger charge is -1.89. The molecule has 1 nitrogen and oxygen atoms in total. The second kappa shape index (κ2) is 4.57. The van der Waals surface area contributed by atoms with Gasteiger partial charge in [0.25, 0.3) is 0 Å². The topological polar surface area (TPSA) is 12.4 Å². The molecule has 0 aliphatic rings. The average Bonchev–Trinajstić information content (AvgIpc) is 1.83. The molecule has 0 bridgehead atoms. The molecule has 0 aliphatic heterocycles. The molecule has 0 aliphatic carbocycles. The van der Waals surface area contributed by atoms with Crippen LogP contribution in [0.15, 0.2) is 17.1 Å². The molecular weight excluding hydrogens is 134 g/mol. The number of hydrogen-bond donors (Lipinski definition) is 0. The summed E-state index contributed by atoms with van der Waals surface area (Å²) in [5.74, 6) is 0. The van der Waals surface area contributed by atoms with E-state index in [0.717, 1.165) is 5.71 Å². The molecule has 0 aromatic heterocycles. The van der Waals surface area contributed by atoms with Gasteiger partial charge < -0.3 is 0 Å². The van der Waals surface area contributed by atoms with E-state index in [9.17, 15) is 0 Å². The van der Waals surface area contributed by atoms with Crippen LogP contribution in [0, 0.1) is 0 Å². The highest BCUT2D eigenvalue weighted by Crippen LogP contribution is 1.94. The number of aliphatic imine (C=N–C) groups is 1. The van der Waals surface area contributed by atoms with Gasteiger partial charge in [-0.15, -0.1) is 11.6 Å². The molecule has 0 rings (SSSR count). The van der Waals surface area contributed by atoms with Gasteiger partial charge in [-0.3, -0.25) is 4.99 Å². The van der Waals surface area contributed by atoms with E-state index in [-0.39, 0.29) is 5.38 Å². The third-order valence-electron chi connectivity index (χ3n) is 0.955. The Labute approximate surface area is 61.4 Å². The lowest BCUT2D eigenvalue weighted by atomic mass is 10.3. The minimum absolute atomic E-state index is 0.0988. The van der Waals surface area contributed by atoms with Crippen molar-refractivity contribution in [3.63, 3.8) is 0 Å². The zero-order valence-corrected chi connectivity index (χ0v) is 6.81. The normalized spacial score (nSPS) is 16.7. The summed E-state index contributed by atoms with van der Waals surface area (Å²) in [6.07, 6.45) is 3.82. The molecule has 0 saturated heterocycles. The molecule has 0 aromatic carbocycles. The summed E-state index contributed by atoms with van der Waals surface area (Å²) in [4.78, 5) is 3.93. The van der Waals surface area contributed by atoms with Crippen LogP contribution in [0.4, 0.5) is 0 Å². The van der Waals surface area contributed by atoms with Crippen LogP contribution in [0.3, 0.4) is 0 Å². The van der Waals surface area contributed by atoms with Crippen molar-refractivity contribution < 1.29 is 0 Å². The second-order valence-corrected chi connectivity index (χ2v) is 2.59. The van der Waals surface area contributed by atoms with E-state index in [4.69, 9.17) is 11.6 Å². The monoisotopic (exact) mass is 145 g/mol. The van der Waals surface area contributed by atoms with Crippen LogP contribution in [-0.4, -0.2) is 18.1 Å². The summed E-state index contributed by atoms with van der Waals surface area (Å²) in [7, 11) is 1.76. The predicted octanol–water partition coefficient (Wildman–Crippen LogP) is 2.26. The highest BCUT2D eigenvalue weighted by atomic mass is 35.5. The third-order valence-corrected chi connectivity index (χ3v) is 1.10. The molecule has 9 heavy (non-hydrogen) atoms. The van der Waals surface area contributed by atoms with Gasteiger partial charge >= 0.3 is 0 Å². The maximum atomic E-state index is 5.64. The number of hydrogen-bond acceptors (Lipinski definition) is 1. The van der Waals surface area contributed by atoms with Crippen LogP contribution >= 0.6 is 11.6 Å². The Hall–Kier alpha value is -0.300. The highest BCUT2D eigenvalue weighted by molar-refractivity contribution is 6.21. The second-order valence-electron chi connectivity index (χ2n) is 1.90. The maximum Gasteiger partial charge on any atom is 0.0491 e. The highest BCUT2D eigenvalue weighted by Gasteiger charge is 1.85. The van der Waals surface area contributed by atoms with Crippen molar-refractivity contribution in [2.45, 2.75) is 19.2 Å². The standard InChI is InChI=1S/C7H12ClN/c1-6(8)4-5-7(2)9-3/h4-6H,1-3H3/b5-4-,9-7?. The van der Waals surface area contributed by atoms with Gasteiger partial charge in [0.2, 0.25) is 0 Å². The molecule has 0 saturated carbocycles. The number of allylic oxidation sites excluding steroid dienone is 2. The number of rotatable bonds is 2. The summed E-state index contributed by atoms with van der Waals surface area (Å²) in [6.45, 7) is 3.86. The van der Waals surface area contributed by atoms with Crippen LogP contribution in [-0.2, 0) is 0 Å². The molecule has 2 heteroatoms. The van der Waals surface area contributed by atoms with Gasteiger partial charge in [-0.1, -0.05) is 6.08 Å². The lowest BCUT2D eigenvalue weighted by molar-refractivity contribution is 1.23. The number of nitrogens with zero attached hydrogens (tertiary/aromatic N) is 1. The first kappa shape index (κ1) is 8.70. The molecule has 0 aromatic rings. The van der Waals surface area contributed by atoms with E-state index in [2.05, 4.69) is 4.99 Å². The smallest absolute Gasteiger partial charge is 0.0491 e. The Morgan fingerprint density at radius 3 is 2.56 bits per heavy atom. The Morgan fingerprint density at radius 2 is 2.22 bits per heavy atom. The minimum Gasteiger partial charge on any atom is -0.293 e. The van der Waals surface area contributed by atoms with Gasteiger partial charge in [0, 0.05) is 18.1 Å². The molecule has 0 fully saturated rings. The van der Waals surface area contributed by atoms with Crippen molar-refractivity contribution in [1.82, 2.24) is 0 Å². The van der Waals surface area contributed by atoms with Gasteiger partial charge in [-0.25, -0.2) is 0 Å². The van der Waals surface area contributed by atoms with Crippen molar-refractivity contribution in [2.75, 3.05) is 7.05 Å². The van der Waals surface area contributed by atoms with Crippen LogP contribution in [0.5, 0.6) is 0 Å². The van der Waals surface area contributed by atoms with Crippen molar-refractivity contribution in [3.8, 4) is 0 Å². The van der Waals surface area contributed by atoms with Crippen LogP contribution in [0.1, 0.15) is 13.8 Å². The number of alkyl halides is 1. The molecular formula is C7H12ClN. The van der Waals surface area contributed by atoms with Crippen molar-refractivity contribution in [3.05, 3.63) is 12.2 Å². The zero-order chi connectivity index (χ0) is 7.28. The Bertz CT molecular complexity index is 125. The first-order chi connectivity index (χ1) is 4.16. The van der Waals surface area contributed by atoms with Gasteiger partial charge in [0.05, 0.1) is 0 Å². The van der Waals surface area contributed by atoms with Gasteiger partial charge in [0.1, 0.15) is 0 Å². The first-order valence-corrected chi connectivity index (χ1v) is 3.36. The summed E-state index contributed by atoms with van der Waals surface area (Å²) >= 11 is 5.64. The summed E-state index contributed by atoms with van der Waals surface area (Å²) in [5.41, 5.74) is 1.00. The summed E-state index contributed by atoms with van der Waals surface area (Å²) in [5, 5.41) is 0.0988. The summed E-state index contributed by atoms with van der Waals surface area (Å²) in [6, 6.07) is 0. The van der Waals surface area contributed by atoms with Gasteiger partial charge in [0.15, 0.2) is 0 Å². The fourth-order valence-corrected chi connectivity index (χ4v) is 0.419. The fourth-order valence-electron chi connectivity index (χ4n) is 0.346. The molecule has 0 N–H and O–H groups in total. The Kier molecular flexibility index (Phi) is 4.41. The Morgan fingerprint density at radius 1 is 1.67 bits per heavy atom. The van der Waals surface area contributed by atoms with E-state index < -0.39 is 0 Å². The van der Waals surface area contributed by atoms with Crippen molar-refractivity contribution >= 4 is 17.3 Å². The largest absolute Gasteiger partial charge is 0.293 e. The van der Waals surface area contributed by atoms with Gasteiger partial charge in [-0.2, -0.15) is 0 Å². The average molecular weight is 146 g/mol. The van der Waals surface area contributed by atoms with Crippen LogP contribution < -0.4 is 0 Å². The maximum absolute atomic E-state index is 5.64. The van der Waals surface area contributed by atoms with E-state index in [1.165, 1.54) is 0 Å². The van der Waals surface area contributed by atoms with Crippen molar-refractivity contribution in [2.24, 2.45) is 4.99 Å². The zero-order valence-electron chi connectivity index (χ0n) is 6.06. The van der Waals surface area contributed by atoms with E-state index in [0.29, 0.717) is 0 Å². The molecule has 52 valence electrons. The minimum atomic E-state index is 0.0988. The van der Waals surface area contributed by atoms with E-state index in [1.807, 2.05) is 26.0 Å². The van der Waals surface area contributed by atoms with Gasteiger partial charge in [-0.05, 0) is 19.9 Å².